The van der Waals surface area contributed by atoms with Crippen LogP contribution in [0.15, 0.2) is 0 Å². The summed E-state index contributed by atoms with van der Waals surface area (Å²) in [5.41, 5.74) is 2.56. The van der Waals surface area contributed by atoms with Gasteiger partial charge in [-0.2, -0.15) is 31.4 Å². The van der Waals surface area contributed by atoms with Gasteiger partial charge in [0.25, 0.3) is 0 Å². The van der Waals surface area contributed by atoms with Gasteiger partial charge in [-0.3, -0.25) is 16.0 Å². The van der Waals surface area contributed by atoms with Crippen LogP contribution in [0.5, 0.6) is 0 Å². The Labute approximate surface area is 224 Å². The van der Waals surface area contributed by atoms with Crippen molar-refractivity contribution in [2.75, 3.05) is 33.8 Å². The third-order valence-corrected chi connectivity index (χ3v) is 9.37. The summed E-state index contributed by atoms with van der Waals surface area (Å²) in [5, 5.41) is 20.3. The number of hydrazine groups is 1. The molecule has 4 saturated heterocycles. The lowest BCUT2D eigenvalue weighted by atomic mass is 9.76. The molecule has 4 heterocycles. The molecule has 5 fully saturated rings. The second-order valence-electron chi connectivity index (χ2n) is 11.7. The van der Waals surface area contributed by atoms with Gasteiger partial charge < -0.3 is 19.9 Å². The molecule has 0 aromatic heterocycles. The summed E-state index contributed by atoms with van der Waals surface area (Å²) in [7, 11) is 3.23. The molecule has 1 saturated carbocycles. The van der Waals surface area contributed by atoms with Crippen LogP contribution in [0.3, 0.4) is 0 Å². The first kappa shape index (κ1) is 29.1. The Morgan fingerprint density at radius 3 is 2.36 bits per heavy atom. The highest BCUT2D eigenvalue weighted by molar-refractivity contribution is 5.80. The van der Waals surface area contributed by atoms with Crippen molar-refractivity contribution >= 4 is 5.96 Å². The molecule has 5 rings (SSSR count). The molecule has 0 amide bonds. The lowest BCUT2D eigenvalue weighted by molar-refractivity contribution is -0.201. The van der Waals surface area contributed by atoms with Crippen molar-refractivity contribution in [3.05, 3.63) is 0 Å². The standard InChI is InChI=1S/C24H40F6N8O/c1-36-16-11-33-20(14-5-3-4-6-15(14)23(25,26)27)34-21(16)37(22(36)31)12-13-7-8-18(32-10-13)38-19(39-2)9-17(35-38)24(28,29)30/h13-21,31-35H,3-12H2,1-2H3. The van der Waals surface area contributed by atoms with E-state index in [4.69, 9.17) is 10.1 Å². The van der Waals surface area contributed by atoms with Crippen molar-refractivity contribution in [3.8, 4) is 0 Å². The lowest BCUT2D eigenvalue weighted by Gasteiger charge is -2.45. The van der Waals surface area contributed by atoms with Crippen molar-refractivity contribution in [3.63, 3.8) is 0 Å². The summed E-state index contributed by atoms with van der Waals surface area (Å²) in [6.07, 6.45) is -7.21. The summed E-state index contributed by atoms with van der Waals surface area (Å²) in [5.74, 6) is -1.44. The lowest BCUT2D eigenvalue weighted by Crippen LogP contribution is -2.68. The van der Waals surface area contributed by atoms with Crippen LogP contribution in [0.1, 0.15) is 44.9 Å². The van der Waals surface area contributed by atoms with E-state index in [0.29, 0.717) is 44.9 Å². The van der Waals surface area contributed by atoms with Gasteiger partial charge in [0, 0.05) is 40.2 Å². The van der Waals surface area contributed by atoms with Gasteiger partial charge in [-0.25, -0.2) is 5.43 Å². The molecule has 0 spiro atoms. The molecule has 0 bridgehead atoms. The number of hydrogen-bond acceptors (Lipinski definition) is 7. The maximum atomic E-state index is 13.8. The molecular formula is C24H40F6N8O. The number of methoxy groups -OCH3 is 1. The van der Waals surface area contributed by atoms with Gasteiger partial charge in [0.05, 0.1) is 24.3 Å². The minimum absolute atomic E-state index is 0.0819. The second kappa shape index (κ2) is 11.1. The smallest absolute Gasteiger partial charge is 0.365 e. The predicted molar refractivity (Wildman–Crippen MR) is 131 cm³/mol. The van der Waals surface area contributed by atoms with Crippen molar-refractivity contribution in [1.29, 1.82) is 5.41 Å². The highest BCUT2D eigenvalue weighted by atomic mass is 19.4. The number of nitrogens with one attached hydrogen (secondary N) is 5. The Morgan fingerprint density at radius 1 is 0.974 bits per heavy atom. The van der Waals surface area contributed by atoms with E-state index >= 15 is 0 Å². The molecule has 5 N–H and O–H groups in total. The molecule has 9 atom stereocenters. The summed E-state index contributed by atoms with van der Waals surface area (Å²) in [4.78, 5) is 3.80. The SMILES string of the molecule is COC1CC(C(F)(F)F)NN1C1CCC(CN2C(=N)N(C)C3CNC(C4CCCCC4C(F)(F)F)NC32)CN1. The molecular weight excluding hydrogens is 530 g/mol. The van der Waals surface area contributed by atoms with Gasteiger partial charge in [0.15, 0.2) is 5.96 Å². The molecule has 1 aliphatic carbocycles. The number of likely N-dealkylation sites (N-methyl/N-ethyl adjacent to an activating group) is 1. The number of hydrogen-bond donors (Lipinski definition) is 5. The number of alkyl halides is 6. The fourth-order valence-electron chi connectivity index (χ4n) is 7.20. The molecule has 224 valence electrons. The van der Waals surface area contributed by atoms with Crippen LogP contribution in [-0.2, 0) is 4.74 Å². The zero-order chi connectivity index (χ0) is 28.1. The normalized spacial score (nSPS) is 40.8. The van der Waals surface area contributed by atoms with E-state index in [9.17, 15) is 26.3 Å². The third-order valence-electron chi connectivity index (χ3n) is 9.37. The minimum Gasteiger partial charge on any atom is -0.365 e. The summed E-state index contributed by atoms with van der Waals surface area (Å²) in [6, 6.07) is -1.74. The highest BCUT2D eigenvalue weighted by Gasteiger charge is 2.53. The van der Waals surface area contributed by atoms with Crippen LogP contribution >= 0.6 is 0 Å². The number of ether oxygens (including phenoxy) is 1. The van der Waals surface area contributed by atoms with E-state index in [0.717, 1.165) is 12.8 Å². The molecule has 0 radical (unpaired) electrons. The van der Waals surface area contributed by atoms with E-state index in [1.54, 1.807) is 0 Å². The Kier molecular flexibility index (Phi) is 8.30. The van der Waals surface area contributed by atoms with Crippen LogP contribution in [-0.4, -0.2) is 104 Å². The molecule has 0 aromatic carbocycles. The summed E-state index contributed by atoms with van der Waals surface area (Å²) < 4.78 is 86.5. The molecule has 39 heavy (non-hydrogen) atoms. The first-order chi connectivity index (χ1) is 18.4. The molecule has 9 unspecified atom stereocenters. The first-order valence-electron chi connectivity index (χ1n) is 13.9. The average Bonchev–Trinajstić information content (AvgIpc) is 3.44. The topological polar surface area (TPSA) is 90.9 Å². The Morgan fingerprint density at radius 2 is 1.72 bits per heavy atom. The van der Waals surface area contributed by atoms with Crippen LogP contribution in [0.2, 0.25) is 0 Å². The van der Waals surface area contributed by atoms with Crippen molar-refractivity contribution in [1.82, 2.24) is 36.2 Å². The Bertz CT molecular complexity index is 869. The predicted octanol–water partition coefficient (Wildman–Crippen LogP) is 2.19. The quantitative estimate of drug-likeness (QED) is 0.322. The number of fused-ring (bicyclic) bond motifs is 1. The third kappa shape index (κ3) is 5.85. The van der Waals surface area contributed by atoms with E-state index in [2.05, 4.69) is 21.4 Å². The number of rotatable bonds is 5. The largest absolute Gasteiger partial charge is 0.405 e. The van der Waals surface area contributed by atoms with Gasteiger partial charge in [-0.15, -0.1) is 0 Å². The van der Waals surface area contributed by atoms with E-state index in [1.165, 1.54) is 12.1 Å². The van der Waals surface area contributed by atoms with Crippen LogP contribution in [0.25, 0.3) is 0 Å². The number of guanidine groups is 1. The van der Waals surface area contributed by atoms with Crippen molar-refractivity contribution < 1.29 is 31.1 Å². The maximum absolute atomic E-state index is 13.8. The highest BCUT2D eigenvalue weighted by Crippen LogP contribution is 2.43. The zero-order valence-corrected chi connectivity index (χ0v) is 22.3. The summed E-state index contributed by atoms with van der Waals surface area (Å²) in [6.45, 7) is 1.56. The maximum Gasteiger partial charge on any atom is 0.405 e. The van der Waals surface area contributed by atoms with Gasteiger partial charge in [0.1, 0.15) is 18.4 Å². The summed E-state index contributed by atoms with van der Waals surface area (Å²) >= 11 is 0. The van der Waals surface area contributed by atoms with Gasteiger partial charge >= 0.3 is 12.4 Å². The van der Waals surface area contributed by atoms with Gasteiger partial charge in [-0.05, 0) is 37.5 Å². The molecule has 5 aliphatic rings. The number of piperidine rings is 1. The number of halogens is 6. The number of nitrogens with zero attached hydrogens (tertiary/aromatic N) is 3. The van der Waals surface area contributed by atoms with Gasteiger partial charge in [-0.1, -0.05) is 12.8 Å². The Balaban J connectivity index is 1.20. The fourth-order valence-corrected chi connectivity index (χ4v) is 7.20. The first-order valence-corrected chi connectivity index (χ1v) is 13.9. The van der Waals surface area contributed by atoms with E-state index in [-0.39, 0.29) is 37.1 Å². The molecule has 0 aromatic rings. The zero-order valence-electron chi connectivity index (χ0n) is 22.3. The second-order valence-corrected chi connectivity index (χ2v) is 11.7. The van der Waals surface area contributed by atoms with Crippen molar-refractivity contribution in [2.45, 2.75) is 94.1 Å². The van der Waals surface area contributed by atoms with E-state index in [1.807, 2.05) is 16.8 Å². The minimum atomic E-state index is -4.36. The van der Waals surface area contributed by atoms with Crippen LogP contribution < -0.4 is 21.4 Å². The molecule has 9 nitrogen and oxygen atoms in total. The van der Waals surface area contributed by atoms with Crippen molar-refractivity contribution in [2.24, 2.45) is 17.8 Å². The average molecular weight is 571 g/mol. The monoisotopic (exact) mass is 570 g/mol. The Hall–Kier alpha value is -1.39. The fraction of sp³-hybridized carbons (Fsp3) is 0.958. The van der Waals surface area contributed by atoms with Gasteiger partial charge in [0.2, 0.25) is 0 Å². The molecule has 15 heteroatoms. The molecule has 4 aliphatic heterocycles. The van der Waals surface area contributed by atoms with Crippen LogP contribution in [0, 0.1) is 23.2 Å². The van der Waals surface area contributed by atoms with Crippen LogP contribution in [0.4, 0.5) is 26.3 Å². The van der Waals surface area contributed by atoms with E-state index < -0.39 is 42.6 Å².